The SMILES string of the molecule is CCC(c1nc2c(OC3CC3)cc(OC)cc2s1)N(C)C(=O)Nc1ccc2c(c1F)CN(C1CCC(=O)NC1=O)C2=O. The Bertz CT molecular complexity index is 1620. The number of thiazole rings is 1. The number of carbonyl (C=O) groups is 4. The van der Waals surface area contributed by atoms with Crippen molar-refractivity contribution in [3.8, 4) is 11.5 Å². The highest BCUT2D eigenvalue weighted by Crippen LogP contribution is 2.40. The van der Waals surface area contributed by atoms with E-state index in [1.165, 1.54) is 33.3 Å². The van der Waals surface area contributed by atoms with E-state index < -0.39 is 41.7 Å². The summed E-state index contributed by atoms with van der Waals surface area (Å²) in [5, 5.41) is 5.57. The van der Waals surface area contributed by atoms with E-state index in [4.69, 9.17) is 14.5 Å². The Morgan fingerprint density at radius 2 is 2.05 bits per heavy atom. The second-order valence-electron chi connectivity index (χ2n) is 10.7. The molecule has 0 spiro atoms. The highest BCUT2D eigenvalue weighted by Gasteiger charge is 2.40. The first-order valence-corrected chi connectivity index (χ1v) is 14.6. The van der Waals surface area contributed by atoms with Gasteiger partial charge in [-0.1, -0.05) is 6.92 Å². The summed E-state index contributed by atoms with van der Waals surface area (Å²) in [7, 11) is 3.22. The fourth-order valence-electron chi connectivity index (χ4n) is 5.37. The summed E-state index contributed by atoms with van der Waals surface area (Å²) in [4.78, 5) is 57.7. The highest BCUT2D eigenvalue weighted by molar-refractivity contribution is 7.18. The molecular weight excluding hydrogens is 565 g/mol. The van der Waals surface area contributed by atoms with Crippen LogP contribution in [0, 0.1) is 5.82 Å². The molecule has 1 aliphatic carbocycles. The van der Waals surface area contributed by atoms with Crippen LogP contribution < -0.4 is 20.1 Å². The van der Waals surface area contributed by atoms with E-state index in [0.29, 0.717) is 28.4 Å². The molecule has 2 atom stereocenters. The zero-order valence-electron chi connectivity index (χ0n) is 23.4. The quantitative estimate of drug-likeness (QED) is 0.370. The molecule has 220 valence electrons. The number of ether oxygens (including phenoxy) is 2. The van der Waals surface area contributed by atoms with Gasteiger partial charge in [0, 0.05) is 30.7 Å². The Labute approximate surface area is 245 Å². The first-order valence-electron chi connectivity index (χ1n) is 13.8. The predicted molar refractivity (Wildman–Crippen MR) is 152 cm³/mol. The average molecular weight is 596 g/mol. The summed E-state index contributed by atoms with van der Waals surface area (Å²) < 4.78 is 28.0. The Hall–Kier alpha value is -4.26. The van der Waals surface area contributed by atoms with Crippen molar-refractivity contribution in [2.45, 2.75) is 63.8 Å². The Morgan fingerprint density at radius 1 is 1.26 bits per heavy atom. The van der Waals surface area contributed by atoms with Crippen molar-refractivity contribution < 1.29 is 33.0 Å². The number of hydrogen-bond donors (Lipinski definition) is 2. The van der Waals surface area contributed by atoms with Crippen molar-refractivity contribution in [2.24, 2.45) is 0 Å². The van der Waals surface area contributed by atoms with Gasteiger partial charge < -0.3 is 24.6 Å². The molecule has 3 heterocycles. The number of halogens is 1. The molecule has 6 rings (SSSR count). The molecule has 3 aliphatic rings. The number of aromatic nitrogens is 1. The molecule has 5 amide bonds. The minimum Gasteiger partial charge on any atom is -0.497 e. The van der Waals surface area contributed by atoms with E-state index in [0.717, 1.165) is 17.5 Å². The number of methoxy groups -OCH3 is 1. The third kappa shape index (κ3) is 5.02. The molecule has 11 nitrogen and oxygen atoms in total. The zero-order chi connectivity index (χ0) is 29.7. The van der Waals surface area contributed by atoms with Crippen molar-refractivity contribution >= 4 is 51.0 Å². The second-order valence-corrected chi connectivity index (χ2v) is 11.7. The number of nitrogens with one attached hydrogen (secondary N) is 2. The molecular formula is C29H30FN5O6S. The first kappa shape index (κ1) is 27.9. The fourth-order valence-corrected chi connectivity index (χ4v) is 6.61. The number of benzene rings is 2. The minimum atomic E-state index is -0.861. The smallest absolute Gasteiger partial charge is 0.322 e. The van der Waals surface area contributed by atoms with Crippen LogP contribution in [0.15, 0.2) is 24.3 Å². The number of carbonyl (C=O) groups excluding carboxylic acids is 4. The molecule has 3 aromatic rings. The maximum atomic E-state index is 15.6. The molecule has 1 saturated heterocycles. The monoisotopic (exact) mass is 595 g/mol. The van der Waals surface area contributed by atoms with Crippen LogP contribution in [0.5, 0.6) is 11.5 Å². The van der Waals surface area contributed by atoms with Crippen molar-refractivity contribution in [1.82, 2.24) is 20.1 Å². The molecule has 42 heavy (non-hydrogen) atoms. The van der Waals surface area contributed by atoms with Crippen LogP contribution in [0.2, 0.25) is 0 Å². The second kappa shape index (κ2) is 10.9. The Morgan fingerprint density at radius 3 is 2.74 bits per heavy atom. The molecule has 2 aliphatic heterocycles. The van der Waals surface area contributed by atoms with E-state index in [2.05, 4.69) is 10.6 Å². The zero-order valence-corrected chi connectivity index (χ0v) is 24.2. The lowest BCUT2D eigenvalue weighted by atomic mass is 10.0. The summed E-state index contributed by atoms with van der Waals surface area (Å²) in [5.41, 5.74) is 0.863. The van der Waals surface area contributed by atoms with Gasteiger partial charge in [-0.15, -0.1) is 11.3 Å². The first-order chi connectivity index (χ1) is 20.2. The van der Waals surface area contributed by atoms with Crippen LogP contribution in [-0.4, -0.2) is 64.8 Å². The molecule has 2 unspecified atom stereocenters. The van der Waals surface area contributed by atoms with Crippen LogP contribution in [0.3, 0.4) is 0 Å². The lowest BCUT2D eigenvalue weighted by molar-refractivity contribution is -0.136. The van der Waals surface area contributed by atoms with Gasteiger partial charge >= 0.3 is 6.03 Å². The van der Waals surface area contributed by atoms with Crippen LogP contribution >= 0.6 is 11.3 Å². The number of anilines is 1. The molecule has 1 aromatic heterocycles. The normalized spacial score (nSPS) is 19.0. The number of urea groups is 1. The van der Waals surface area contributed by atoms with E-state index in [9.17, 15) is 19.2 Å². The average Bonchev–Trinajstić information content (AvgIpc) is 3.58. The number of imide groups is 1. The lowest BCUT2D eigenvalue weighted by Crippen LogP contribution is -2.52. The van der Waals surface area contributed by atoms with Crippen molar-refractivity contribution in [2.75, 3.05) is 19.5 Å². The van der Waals surface area contributed by atoms with Gasteiger partial charge in [0.15, 0.2) is 11.6 Å². The number of nitrogens with zero attached hydrogens (tertiary/aromatic N) is 3. The lowest BCUT2D eigenvalue weighted by Gasteiger charge is -2.29. The molecule has 0 bridgehead atoms. The maximum absolute atomic E-state index is 15.6. The van der Waals surface area contributed by atoms with E-state index in [-0.39, 0.29) is 42.3 Å². The molecule has 1 saturated carbocycles. The van der Waals surface area contributed by atoms with Crippen LogP contribution in [0.4, 0.5) is 14.9 Å². The molecule has 0 radical (unpaired) electrons. The Balaban J connectivity index is 1.20. The molecule has 2 aromatic carbocycles. The molecule has 2 fully saturated rings. The fraction of sp³-hybridized carbons (Fsp3) is 0.414. The maximum Gasteiger partial charge on any atom is 0.322 e. The number of hydrogen-bond acceptors (Lipinski definition) is 8. The van der Waals surface area contributed by atoms with Crippen LogP contribution in [0.25, 0.3) is 10.2 Å². The Kier molecular flexibility index (Phi) is 7.21. The topological polar surface area (TPSA) is 130 Å². The standard InChI is InChI=1S/C29H30FN5O6S/c1-4-19(27-33-25-21(41-14-5-6-14)11-15(40-3)12-22(25)42-27)34(2)29(39)31-18-8-7-16-17(24(18)30)13-35(28(16)38)20-9-10-23(36)32-26(20)37/h7-8,11-12,14,19-20H,4-6,9-10,13H2,1-3H3,(H,31,39)(H,32,36,37). The van der Waals surface area contributed by atoms with Crippen molar-refractivity contribution in [3.63, 3.8) is 0 Å². The summed E-state index contributed by atoms with van der Waals surface area (Å²) in [6.07, 6.45) is 3.00. The van der Waals surface area contributed by atoms with Crippen molar-refractivity contribution in [1.29, 1.82) is 0 Å². The minimum absolute atomic E-state index is 0.0764. The number of rotatable bonds is 8. The van der Waals surface area contributed by atoms with E-state index >= 15 is 4.39 Å². The van der Waals surface area contributed by atoms with Crippen LogP contribution in [0.1, 0.15) is 66.0 Å². The number of fused-ring (bicyclic) bond motifs is 2. The predicted octanol–water partition coefficient (Wildman–Crippen LogP) is 4.36. The van der Waals surface area contributed by atoms with E-state index in [1.807, 2.05) is 19.1 Å². The third-order valence-electron chi connectivity index (χ3n) is 7.85. The molecule has 2 N–H and O–H groups in total. The van der Waals surface area contributed by atoms with Gasteiger partial charge in [-0.25, -0.2) is 14.2 Å². The summed E-state index contributed by atoms with van der Waals surface area (Å²) in [6, 6.07) is 4.70. The van der Waals surface area contributed by atoms with Gasteiger partial charge in [-0.2, -0.15) is 0 Å². The summed E-state index contributed by atoms with van der Waals surface area (Å²) in [6.45, 7) is 1.80. The van der Waals surface area contributed by atoms with Crippen LogP contribution in [-0.2, 0) is 16.1 Å². The summed E-state index contributed by atoms with van der Waals surface area (Å²) >= 11 is 1.44. The van der Waals surface area contributed by atoms with Crippen molar-refractivity contribution in [3.05, 3.63) is 46.2 Å². The van der Waals surface area contributed by atoms with Gasteiger partial charge in [0.25, 0.3) is 5.91 Å². The summed E-state index contributed by atoms with van der Waals surface area (Å²) in [5.74, 6) is -0.889. The number of amides is 5. The van der Waals surface area contributed by atoms with Gasteiger partial charge in [0.1, 0.15) is 22.3 Å². The highest BCUT2D eigenvalue weighted by atomic mass is 32.1. The van der Waals surface area contributed by atoms with Gasteiger partial charge in [0.05, 0.1) is 36.2 Å². The van der Waals surface area contributed by atoms with Gasteiger partial charge in [0.2, 0.25) is 11.8 Å². The number of piperidine rings is 1. The van der Waals surface area contributed by atoms with Gasteiger partial charge in [-0.3, -0.25) is 19.7 Å². The van der Waals surface area contributed by atoms with E-state index in [1.54, 1.807) is 14.2 Å². The van der Waals surface area contributed by atoms with Gasteiger partial charge in [-0.05, 0) is 43.9 Å². The third-order valence-corrected chi connectivity index (χ3v) is 8.96. The largest absolute Gasteiger partial charge is 0.497 e. The molecule has 13 heteroatoms.